The number of carbonyl (C=O) groups is 3. The second-order valence-electron chi connectivity index (χ2n) is 9.85. The van der Waals surface area contributed by atoms with E-state index in [1.807, 2.05) is 4.90 Å². The van der Waals surface area contributed by atoms with Gasteiger partial charge in [0.25, 0.3) is 5.91 Å². The topological polar surface area (TPSA) is 135 Å². The lowest BCUT2D eigenvalue weighted by Gasteiger charge is -2.35. The number of halogens is 1. The first-order valence-electron chi connectivity index (χ1n) is 12.9. The maximum absolute atomic E-state index is 13.5. The maximum Gasteiger partial charge on any atom is 0.260 e. The minimum absolute atomic E-state index is 0.00209. The lowest BCUT2D eigenvalue weighted by atomic mass is 10.0. The highest BCUT2D eigenvalue weighted by Crippen LogP contribution is 2.36. The quantitative estimate of drug-likeness (QED) is 0.357. The van der Waals surface area contributed by atoms with Gasteiger partial charge in [0.15, 0.2) is 11.7 Å². The minimum Gasteiger partial charge on any atom is -0.484 e. The minimum atomic E-state index is -0.836. The van der Waals surface area contributed by atoms with Crippen molar-refractivity contribution in [2.24, 2.45) is 5.73 Å². The SMILES string of the molecule is C[C@H](C(N)=O)N(c1ccc(F)cc1)c1nc(N)c(C(=O)c2ccc(OCC(=O)N3CCC(N(C)C)CC3)cc2)s1. The molecule has 0 spiro atoms. The summed E-state index contributed by atoms with van der Waals surface area (Å²) in [6.45, 7) is 2.91. The third-order valence-corrected chi connectivity index (χ3v) is 8.05. The van der Waals surface area contributed by atoms with Crippen molar-refractivity contribution in [3.8, 4) is 5.75 Å². The first-order chi connectivity index (χ1) is 19.0. The molecule has 1 aliphatic rings. The number of primary amides is 1. The van der Waals surface area contributed by atoms with E-state index < -0.39 is 17.8 Å². The van der Waals surface area contributed by atoms with E-state index in [-0.39, 0.29) is 34.1 Å². The van der Waals surface area contributed by atoms with Gasteiger partial charge < -0.3 is 30.9 Å². The molecule has 4 rings (SSSR count). The first kappa shape index (κ1) is 29.0. The van der Waals surface area contributed by atoms with Gasteiger partial charge in [0.1, 0.15) is 28.3 Å². The van der Waals surface area contributed by atoms with Crippen LogP contribution in [0.5, 0.6) is 5.75 Å². The number of likely N-dealkylation sites (tertiary alicyclic amines) is 1. The highest BCUT2D eigenvalue weighted by Gasteiger charge is 2.28. The van der Waals surface area contributed by atoms with Crippen LogP contribution in [0.3, 0.4) is 0 Å². The van der Waals surface area contributed by atoms with Crippen molar-refractivity contribution in [3.05, 3.63) is 64.8 Å². The number of thiazole rings is 1. The summed E-state index contributed by atoms with van der Waals surface area (Å²) in [5.41, 5.74) is 12.5. The molecule has 0 saturated carbocycles. The lowest BCUT2D eigenvalue weighted by Crippen LogP contribution is -2.45. The van der Waals surface area contributed by atoms with Crippen molar-refractivity contribution >= 4 is 45.6 Å². The summed E-state index contributed by atoms with van der Waals surface area (Å²) in [5.74, 6) is -1.04. The number of hydrogen-bond donors (Lipinski definition) is 2. The summed E-state index contributed by atoms with van der Waals surface area (Å²) >= 11 is 1.01. The van der Waals surface area contributed by atoms with Crippen LogP contribution in [-0.4, -0.2) is 78.3 Å². The van der Waals surface area contributed by atoms with Gasteiger partial charge in [-0.2, -0.15) is 0 Å². The molecule has 0 aliphatic carbocycles. The summed E-state index contributed by atoms with van der Waals surface area (Å²) < 4.78 is 19.2. The predicted molar refractivity (Wildman–Crippen MR) is 152 cm³/mol. The van der Waals surface area contributed by atoms with Crippen LogP contribution in [0.4, 0.5) is 21.0 Å². The van der Waals surface area contributed by atoms with Crippen molar-refractivity contribution in [2.45, 2.75) is 31.8 Å². The van der Waals surface area contributed by atoms with Crippen LogP contribution in [0.25, 0.3) is 0 Å². The molecular weight excluding hydrogens is 535 g/mol. The zero-order chi connectivity index (χ0) is 29.0. The lowest BCUT2D eigenvalue weighted by molar-refractivity contribution is -0.134. The number of anilines is 3. The molecule has 2 heterocycles. The number of nitrogens with zero attached hydrogens (tertiary/aromatic N) is 4. The summed E-state index contributed by atoms with van der Waals surface area (Å²) in [5, 5.41) is 0.270. The Morgan fingerprint density at radius 2 is 1.73 bits per heavy atom. The van der Waals surface area contributed by atoms with Crippen LogP contribution in [0, 0.1) is 5.82 Å². The molecule has 12 heteroatoms. The van der Waals surface area contributed by atoms with Crippen molar-refractivity contribution in [3.63, 3.8) is 0 Å². The molecule has 1 aliphatic heterocycles. The smallest absolute Gasteiger partial charge is 0.260 e. The number of hydrogen-bond acceptors (Lipinski definition) is 9. The summed E-state index contributed by atoms with van der Waals surface area (Å²) in [7, 11) is 4.10. The average molecular weight is 569 g/mol. The number of benzene rings is 2. The number of carbonyl (C=O) groups excluding carboxylic acids is 3. The van der Waals surface area contributed by atoms with Gasteiger partial charge in [-0.1, -0.05) is 11.3 Å². The molecule has 0 radical (unpaired) electrons. The fourth-order valence-electron chi connectivity index (χ4n) is 4.52. The van der Waals surface area contributed by atoms with E-state index in [0.29, 0.717) is 36.1 Å². The van der Waals surface area contributed by atoms with Crippen LogP contribution in [0.1, 0.15) is 35.0 Å². The summed E-state index contributed by atoms with van der Waals surface area (Å²) in [6.07, 6.45) is 1.86. The predicted octanol–water partition coefficient (Wildman–Crippen LogP) is 3.04. The van der Waals surface area contributed by atoms with E-state index in [4.69, 9.17) is 16.2 Å². The number of ketones is 1. The Labute approximate surface area is 236 Å². The van der Waals surface area contributed by atoms with Crippen molar-refractivity contribution in [1.29, 1.82) is 0 Å². The van der Waals surface area contributed by atoms with E-state index in [0.717, 1.165) is 24.2 Å². The van der Waals surface area contributed by atoms with Crippen molar-refractivity contribution < 1.29 is 23.5 Å². The molecule has 1 atom stereocenters. The molecular formula is C28H33FN6O4S. The Bertz CT molecular complexity index is 1350. The molecule has 2 amide bonds. The van der Waals surface area contributed by atoms with Gasteiger partial charge in [-0.05, 0) is 82.4 Å². The molecule has 3 aromatic rings. The number of aromatic nitrogens is 1. The maximum atomic E-state index is 13.5. The summed E-state index contributed by atoms with van der Waals surface area (Å²) in [6, 6.07) is 11.6. The van der Waals surface area contributed by atoms with E-state index in [1.165, 1.54) is 29.2 Å². The molecule has 2 aromatic carbocycles. The Kier molecular flexibility index (Phi) is 9.00. The number of piperidine rings is 1. The Hall–Kier alpha value is -4.03. The van der Waals surface area contributed by atoms with Crippen LogP contribution < -0.4 is 21.1 Å². The van der Waals surface area contributed by atoms with Gasteiger partial charge in [-0.15, -0.1) is 0 Å². The second kappa shape index (κ2) is 12.4. The fraction of sp³-hybridized carbons (Fsp3) is 0.357. The van der Waals surface area contributed by atoms with Gasteiger partial charge in [-0.3, -0.25) is 14.4 Å². The number of amides is 2. The van der Waals surface area contributed by atoms with Gasteiger partial charge in [0.05, 0.1) is 0 Å². The molecule has 212 valence electrons. The molecule has 4 N–H and O–H groups in total. The Balaban J connectivity index is 1.43. The molecule has 0 bridgehead atoms. The van der Waals surface area contributed by atoms with E-state index >= 15 is 0 Å². The number of nitrogens with two attached hydrogens (primary N) is 2. The third-order valence-electron chi connectivity index (χ3n) is 6.98. The van der Waals surface area contributed by atoms with Crippen LogP contribution in [0.2, 0.25) is 0 Å². The highest BCUT2D eigenvalue weighted by molar-refractivity contribution is 7.18. The number of ether oxygens (including phenoxy) is 1. The molecule has 1 saturated heterocycles. The van der Waals surface area contributed by atoms with Crippen molar-refractivity contribution in [1.82, 2.24) is 14.8 Å². The largest absolute Gasteiger partial charge is 0.484 e. The Morgan fingerprint density at radius 3 is 2.30 bits per heavy atom. The molecule has 0 unspecified atom stereocenters. The second-order valence-corrected chi connectivity index (χ2v) is 10.8. The van der Waals surface area contributed by atoms with Crippen LogP contribution >= 0.6 is 11.3 Å². The fourth-order valence-corrected chi connectivity index (χ4v) is 5.57. The summed E-state index contributed by atoms with van der Waals surface area (Å²) in [4.78, 5) is 47.9. The highest BCUT2D eigenvalue weighted by atomic mass is 32.1. The monoisotopic (exact) mass is 568 g/mol. The number of nitrogen functional groups attached to an aromatic ring is 1. The molecule has 1 aromatic heterocycles. The van der Waals surface area contributed by atoms with Gasteiger partial charge in [-0.25, -0.2) is 9.37 Å². The normalized spacial score (nSPS) is 14.7. The zero-order valence-corrected chi connectivity index (χ0v) is 23.5. The molecule has 1 fully saturated rings. The number of rotatable bonds is 10. The van der Waals surface area contributed by atoms with Crippen molar-refractivity contribution in [2.75, 3.05) is 44.4 Å². The van der Waals surface area contributed by atoms with Crippen LogP contribution in [0.15, 0.2) is 48.5 Å². The van der Waals surface area contributed by atoms with E-state index in [2.05, 4.69) is 24.0 Å². The van der Waals surface area contributed by atoms with Gasteiger partial charge >= 0.3 is 0 Å². The van der Waals surface area contributed by atoms with Gasteiger partial charge in [0, 0.05) is 30.4 Å². The van der Waals surface area contributed by atoms with Gasteiger partial charge in [0.2, 0.25) is 11.7 Å². The third kappa shape index (κ3) is 6.57. The Morgan fingerprint density at radius 1 is 1.10 bits per heavy atom. The molecule has 40 heavy (non-hydrogen) atoms. The molecule has 10 nitrogen and oxygen atoms in total. The van der Waals surface area contributed by atoms with E-state index in [9.17, 15) is 18.8 Å². The van der Waals surface area contributed by atoms with E-state index in [1.54, 1.807) is 31.2 Å². The van der Waals surface area contributed by atoms with Crippen LogP contribution in [-0.2, 0) is 9.59 Å². The first-order valence-corrected chi connectivity index (χ1v) is 13.7. The average Bonchev–Trinajstić information content (AvgIpc) is 3.33. The standard InChI is InChI=1S/C28H33FN6O4S/c1-17(27(31)38)35(21-8-6-19(29)7-9-21)28-32-26(30)25(40-28)24(37)18-4-10-22(11-5-18)39-16-23(36)34-14-12-20(13-15-34)33(2)3/h4-11,17,20H,12-16,30H2,1-3H3,(H2,31,38)/t17-/m1/s1. The zero-order valence-electron chi connectivity index (χ0n) is 22.7.